The van der Waals surface area contributed by atoms with E-state index in [9.17, 15) is 14.0 Å². The Balaban J connectivity index is 2.79. The molecule has 1 aromatic carbocycles. The van der Waals surface area contributed by atoms with Crippen molar-refractivity contribution in [2.45, 2.75) is 32.8 Å². The monoisotopic (exact) mass is 269 g/mol. The van der Waals surface area contributed by atoms with Gasteiger partial charge in [-0.2, -0.15) is 0 Å². The third kappa shape index (κ3) is 5.37. The number of carbonyl (C=O) groups is 2. The molecule has 0 unspecified atom stereocenters. The molecule has 0 fully saturated rings. The van der Waals surface area contributed by atoms with Gasteiger partial charge in [-0.15, -0.1) is 0 Å². The molecule has 1 rings (SSSR count). The van der Waals surface area contributed by atoms with E-state index < -0.39 is 29.9 Å². The molecular formula is C13H16FNO4. The average molecular weight is 269 g/mol. The molecule has 0 saturated carbocycles. The highest BCUT2D eigenvalue weighted by Crippen LogP contribution is 2.17. The van der Waals surface area contributed by atoms with Crippen molar-refractivity contribution in [1.29, 1.82) is 0 Å². The zero-order chi connectivity index (χ0) is 14.6. The van der Waals surface area contributed by atoms with Crippen LogP contribution in [0.2, 0.25) is 0 Å². The van der Waals surface area contributed by atoms with Gasteiger partial charge in [-0.25, -0.2) is 9.18 Å². The molecule has 0 spiro atoms. The van der Waals surface area contributed by atoms with Crippen LogP contribution in [-0.4, -0.2) is 22.8 Å². The van der Waals surface area contributed by atoms with Crippen molar-refractivity contribution in [1.82, 2.24) is 0 Å². The number of hydrogen-bond donors (Lipinski definition) is 2. The Bertz CT molecular complexity index is 494. The number of nitrogens with one attached hydrogen (secondary N) is 1. The van der Waals surface area contributed by atoms with Crippen molar-refractivity contribution in [3.63, 3.8) is 0 Å². The highest BCUT2D eigenvalue weighted by Gasteiger charge is 2.16. The average Bonchev–Trinajstić information content (AvgIpc) is 2.19. The molecule has 104 valence electrons. The number of benzene rings is 1. The van der Waals surface area contributed by atoms with Crippen LogP contribution in [0, 0.1) is 5.82 Å². The maximum absolute atomic E-state index is 13.3. The summed E-state index contributed by atoms with van der Waals surface area (Å²) < 4.78 is 18.4. The molecule has 19 heavy (non-hydrogen) atoms. The summed E-state index contributed by atoms with van der Waals surface area (Å²) in [5, 5.41) is 11.1. The zero-order valence-electron chi connectivity index (χ0n) is 11.0. The van der Waals surface area contributed by atoms with Crippen molar-refractivity contribution in [2.24, 2.45) is 0 Å². The molecule has 1 aromatic rings. The van der Waals surface area contributed by atoms with Crippen molar-refractivity contribution in [2.75, 3.05) is 5.32 Å². The van der Waals surface area contributed by atoms with Gasteiger partial charge in [0.15, 0.2) is 0 Å². The fraction of sp³-hybridized carbons (Fsp3) is 0.385. The first kappa shape index (κ1) is 14.9. The third-order valence-corrected chi connectivity index (χ3v) is 2.03. The summed E-state index contributed by atoms with van der Waals surface area (Å²) in [6.45, 7) is 5.15. The summed E-state index contributed by atoms with van der Waals surface area (Å²) in [7, 11) is 0. The van der Waals surface area contributed by atoms with Crippen LogP contribution in [0.1, 0.15) is 26.3 Å². The van der Waals surface area contributed by atoms with E-state index >= 15 is 0 Å². The number of amides is 1. The largest absolute Gasteiger partial charge is 0.481 e. The number of carboxylic acid groups (broad SMARTS) is 1. The molecule has 1 amide bonds. The number of halogens is 1. The van der Waals surface area contributed by atoms with E-state index in [0.29, 0.717) is 0 Å². The maximum Gasteiger partial charge on any atom is 0.412 e. The van der Waals surface area contributed by atoms with Crippen LogP contribution in [0.5, 0.6) is 0 Å². The van der Waals surface area contributed by atoms with Crippen LogP contribution in [-0.2, 0) is 16.0 Å². The molecule has 0 aromatic heterocycles. The van der Waals surface area contributed by atoms with Gasteiger partial charge in [-0.3, -0.25) is 10.1 Å². The first-order chi connectivity index (χ1) is 8.67. The second-order valence-electron chi connectivity index (χ2n) is 5.00. The topological polar surface area (TPSA) is 75.6 Å². The van der Waals surface area contributed by atoms with Crippen molar-refractivity contribution in [3.8, 4) is 0 Å². The lowest BCUT2D eigenvalue weighted by Crippen LogP contribution is -2.27. The molecule has 0 heterocycles. The van der Waals surface area contributed by atoms with Gasteiger partial charge < -0.3 is 9.84 Å². The molecule has 5 nitrogen and oxygen atoms in total. The number of aliphatic carboxylic acids is 1. The van der Waals surface area contributed by atoms with E-state index in [0.717, 1.165) is 6.07 Å². The summed E-state index contributed by atoms with van der Waals surface area (Å²) in [6.07, 6.45) is -1.13. The Labute approximate surface area is 110 Å². The van der Waals surface area contributed by atoms with Crippen LogP contribution >= 0.6 is 0 Å². The van der Waals surface area contributed by atoms with Crippen LogP contribution in [0.15, 0.2) is 18.2 Å². The quantitative estimate of drug-likeness (QED) is 0.884. The molecule has 2 N–H and O–H groups in total. The van der Waals surface area contributed by atoms with Gasteiger partial charge in [0, 0.05) is 11.3 Å². The van der Waals surface area contributed by atoms with Gasteiger partial charge in [0.05, 0.1) is 6.42 Å². The van der Waals surface area contributed by atoms with Gasteiger partial charge in [0.1, 0.15) is 11.4 Å². The number of ether oxygens (including phenoxy) is 1. The van der Waals surface area contributed by atoms with Gasteiger partial charge in [0.2, 0.25) is 0 Å². The highest BCUT2D eigenvalue weighted by atomic mass is 19.1. The van der Waals surface area contributed by atoms with E-state index in [1.54, 1.807) is 20.8 Å². The van der Waals surface area contributed by atoms with E-state index in [4.69, 9.17) is 9.84 Å². The van der Waals surface area contributed by atoms with Crippen molar-refractivity contribution >= 4 is 17.7 Å². The fourth-order valence-corrected chi connectivity index (χ4v) is 1.37. The second kappa shape index (κ2) is 5.69. The second-order valence-corrected chi connectivity index (χ2v) is 5.00. The molecule has 0 atom stereocenters. The minimum Gasteiger partial charge on any atom is -0.481 e. The Kier molecular flexibility index (Phi) is 4.47. The minimum absolute atomic E-state index is 0.000980. The summed E-state index contributed by atoms with van der Waals surface area (Å²) in [6, 6.07) is 3.71. The van der Waals surface area contributed by atoms with Gasteiger partial charge in [0.25, 0.3) is 0 Å². The van der Waals surface area contributed by atoms with Gasteiger partial charge in [-0.1, -0.05) is 0 Å². The molecule has 0 radical (unpaired) electrons. The summed E-state index contributed by atoms with van der Waals surface area (Å²) in [5.74, 6) is -1.77. The zero-order valence-corrected chi connectivity index (χ0v) is 11.0. The van der Waals surface area contributed by atoms with E-state index in [1.807, 2.05) is 0 Å². The van der Waals surface area contributed by atoms with Crippen molar-refractivity contribution in [3.05, 3.63) is 29.6 Å². The predicted molar refractivity (Wildman–Crippen MR) is 67.6 cm³/mol. The standard InChI is InChI=1S/C13H16FNO4/c1-13(2,3)19-12(18)15-9-4-5-10(14)8(6-9)7-11(16)17/h4-6H,7H2,1-3H3,(H,15,18)(H,16,17). The van der Waals surface area contributed by atoms with E-state index in [-0.39, 0.29) is 11.3 Å². The van der Waals surface area contributed by atoms with Crippen LogP contribution in [0.3, 0.4) is 0 Å². The molecular weight excluding hydrogens is 253 g/mol. The van der Waals surface area contributed by atoms with E-state index in [2.05, 4.69) is 5.32 Å². The first-order valence-electron chi connectivity index (χ1n) is 5.67. The maximum atomic E-state index is 13.3. The van der Waals surface area contributed by atoms with Crippen molar-refractivity contribution < 1.29 is 23.8 Å². The van der Waals surface area contributed by atoms with Crippen LogP contribution < -0.4 is 5.32 Å². The summed E-state index contributed by atoms with van der Waals surface area (Å²) >= 11 is 0. The molecule has 0 saturated heterocycles. The molecule has 0 aliphatic heterocycles. The molecule has 0 aliphatic rings. The molecule has 0 bridgehead atoms. The molecule has 0 aliphatic carbocycles. The Morgan fingerprint density at radius 2 is 2.00 bits per heavy atom. The van der Waals surface area contributed by atoms with Crippen LogP contribution in [0.25, 0.3) is 0 Å². The third-order valence-electron chi connectivity index (χ3n) is 2.03. The first-order valence-corrected chi connectivity index (χ1v) is 5.67. The smallest absolute Gasteiger partial charge is 0.412 e. The lowest BCUT2D eigenvalue weighted by molar-refractivity contribution is -0.136. The fourth-order valence-electron chi connectivity index (χ4n) is 1.37. The number of hydrogen-bond acceptors (Lipinski definition) is 3. The normalized spacial score (nSPS) is 10.9. The highest BCUT2D eigenvalue weighted by molar-refractivity contribution is 5.85. The van der Waals surface area contributed by atoms with Gasteiger partial charge >= 0.3 is 12.1 Å². The van der Waals surface area contributed by atoms with E-state index in [1.165, 1.54) is 12.1 Å². The lowest BCUT2D eigenvalue weighted by Gasteiger charge is -2.19. The summed E-state index contributed by atoms with van der Waals surface area (Å²) in [5.41, 5.74) is -0.360. The Hall–Kier alpha value is -2.11. The van der Waals surface area contributed by atoms with Crippen LogP contribution in [0.4, 0.5) is 14.9 Å². The SMILES string of the molecule is CC(C)(C)OC(=O)Nc1ccc(F)c(CC(=O)O)c1. The minimum atomic E-state index is -1.15. The number of carboxylic acids is 1. The number of rotatable bonds is 3. The van der Waals surface area contributed by atoms with Gasteiger partial charge in [-0.05, 0) is 39.0 Å². The number of anilines is 1. The number of carbonyl (C=O) groups excluding carboxylic acids is 1. The Morgan fingerprint density at radius 1 is 1.37 bits per heavy atom. The lowest BCUT2D eigenvalue weighted by atomic mass is 10.1. The Morgan fingerprint density at radius 3 is 2.53 bits per heavy atom. The molecule has 6 heteroatoms. The predicted octanol–water partition coefficient (Wildman–Crippen LogP) is 2.80. The summed E-state index contributed by atoms with van der Waals surface area (Å²) in [4.78, 5) is 22.1.